The summed E-state index contributed by atoms with van der Waals surface area (Å²) in [6.45, 7) is 9.61. The highest BCUT2D eigenvalue weighted by atomic mass is 15.1. The van der Waals surface area contributed by atoms with E-state index in [-0.39, 0.29) is 10.8 Å². The normalized spacial score (nSPS) is 14.4. The Hall–Kier alpha value is -7.68. The maximum atomic E-state index is 2.46. The predicted molar refractivity (Wildman–Crippen MR) is 271 cm³/mol. The Bertz CT molecular complexity index is 3440. The molecule has 0 N–H and O–H groups in total. The number of hydrogen-bond donors (Lipinski definition) is 0. The van der Waals surface area contributed by atoms with Crippen LogP contribution in [0.25, 0.3) is 72.0 Å². The van der Waals surface area contributed by atoms with Gasteiger partial charge in [0.05, 0.1) is 11.0 Å². The monoisotopic (exact) mass is 820 g/mol. The van der Waals surface area contributed by atoms with Gasteiger partial charge in [-0.25, -0.2) is 0 Å². The van der Waals surface area contributed by atoms with Crippen molar-refractivity contribution in [1.82, 2.24) is 4.57 Å². The Morgan fingerprint density at radius 3 is 1.41 bits per heavy atom. The topological polar surface area (TPSA) is 8.17 Å². The summed E-state index contributed by atoms with van der Waals surface area (Å²) in [7, 11) is 0. The molecule has 64 heavy (non-hydrogen) atoms. The van der Waals surface area contributed by atoms with Gasteiger partial charge >= 0.3 is 0 Å². The molecule has 0 saturated carbocycles. The van der Waals surface area contributed by atoms with Crippen molar-refractivity contribution < 1.29 is 0 Å². The number of anilines is 3. The number of fused-ring (bicyclic) bond motifs is 7. The van der Waals surface area contributed by atoms with E-state index in [9.17, 15) is 0 Å². The Kier molecular flexibility index (Phi) is 8.58. The molecule has 0 fully saturated rings. The van der Waals surface area contributed by atoms with E-state index in [4.69, 9.17) is 0 Å². The molecule has 306 valence electrons. The van der Waals surface area contributed by atoms with Crippen LogP contribution in [0.3, 0.4) is 0 Å². The van der Waals surface area contributed by atoms with E-state index in [1.165, 1.54) is 94.3 Å². The maximum absolute atomic E-state index is 2.46. The van der Waals surface area contributed by atoms with Crippen LogP contribution in [0, 0.1) is 0 Å². The Labute approximate surface area is 376 Å². The second-order valence-corrected chi connectivity index (χ2v) is 18.6. The van der Waals surface area contributed by atoms with Crippen molar-refractivity contribution >= 4 is 50.0 Å². The van der Waals surface area contributed by atoms with Gasteiger partial charge in [-0.15, -0.1) is 0 Å². The van der Waals surface area contributed by atoms with E-state index in [1.807, 2.05) is 0 Å². The van der Waals surface area contributed by atoms with Crippen LogP contribution >= 0.6 is 0 Å². The molecule has 1 heterocycles. The Balaban J connectivity index is 0.901. The second-order valence-electron chi connectivity index (χ2n) is 18.6. The first-order chi connectivity index (χ1) is 31.3. The van der Waals surface area contributed by atoms with Gasteiger partial charge in [-0.1, -0.05) is 173 Å². The van der Waals surface area contributed by atoms with E-state index < -0.39 is 0 Å². The number of hydrogen-bond acceptors (Lipinski definition) is 1. The SMILES string of the molecule is CC1(C)C2=C(c3ccccc31)C(C)(C)c1cc(-c3ccc(N(c4ccc(-c5ccccc5)cc4)c4ccc(-c5ccc6c(c5)c5ccccc5n6-c5ccccc5)cc4)cc3)ccc12. The molecule has 10 aromatic rings. The predicted octanol–water partition coefficient (Wildman–Crippen LogP) is 16.7. The number of nitrogens with zero attached hydrogens (tertiary/aromatic N) is 2. The molecule has 0 aliphatic heterocycles. The molecule has 2 aliphatic carbocycles. The standard InChI is InChI=1S/C62H48N2/c1-61(2)55-21-13-11-20-52(55)59-60(61)53-37-29-46(40-56(53)62(59,3)4)44-27-35-50(36-28-44)63(48-31-23-42(24-32-48)41-15-7-5-8-16-41)49-33-25-43(26-34-49)45-30-38-58-54(39-45)51-19-12-14-22-57(51)64(58)47-17-9-6-10-18-47/h5-40H,1-4H3. The molecule has 0 atom stereocenters. The zero-order valence-electron chi connectivity index (χ0n) is 36.7. The van der Waals surface area contributed by atoms with Gasteiger partial charge in [0, 0.05) is 44.4 Å². The molecular weight excluding hydrogens is 773 g/mol. The number of para-hydroxylation sites is 2. The van der Waals surface area contributed by atoms with Gasteiger partial charge < -0.3 is 9.47 Å². The molecule has 0 radical (unpaired) electrons. The fourth-order valence-electron chi connectivity index (χ4n) is 11.0. The first-order valence-electron chi connectivity index (χ1n) is 22.5. The van der Waals surface area contributed by atoms with Crippen LogP contribution in [0.4, 0.5) is 17.1 Å². The minimum atomic E-state index is -0.0911. The van der Waals surface area contributed by atoms with Gasteiger partial charge in [0.25, 0.3) is 0 Å². The first-order valence-corrected chi connectivity index (χ1v) is 22.5. The highest BCUT2D eigenvalue weighted by Gasteiger charge is 2.49. The van der Waals surface area contributed by atoms with E-state index >= 15 is 0 Å². The lowest BCUT2D eigenvalue weighted by molar-refractivity contribution is 0.694. The third-order valence-electron chi connectivity index (χ3n) is 14.2. The minimum Gasteiger partial charge on any atom is -0.311 e. The van der Waals surface area contributed by atoms with Crippen LogP contribution < -0.4 is 4.90 Å². The van der Waals surface area contributed by atoms with Crippen LogP contribution in [-0.2, 0) is 10.8 Å². The Morgan fingerprint density at radius 1 is 0.328 bits per heavy atom. The van der Waals surface area contributed by atoms with Crippen molar-refractivity contribution in [3.05, 3.63) is 241 Å². The fourth-order valence-corrected chi connectivity index (χ4v) is 11.0. The highest BCUT2D eigenvalue weighted by molar-refractivity contribution is 6.11. The molecule has 0 saturated heterocycles. The summed E-state index contributed by atoms with van der Waals surface area (Å²) in [6, 6.07) is 80.3. The van der Waals surface area contributed by atoms with Crippen LogP contribution in [0.2, 0.25) is 0 Å². The largest absolute Gasteiger partial charge is 0.311 e. The summed E-state index contributed by atoms with van der Waals surface area (Å²) in [5, 5.41) is 2.51. The van der Waals surface area contributed by atoms with E-state index in [1.54, 1.807) is 0 Å². The lowest BCUT2D eigenvalue weighted by atomic mass is 9.75. The zero-order chi connectivity index (χ0) is 43.2. The average Bonchev–Trinajstić information content (AvgIpc) is 3.90. The molecule has 2 heteroatoms. The minimum absolute atomic E-state index is 0.0313. The van der Waals surface area contributed by atoms with E-state index in [0.717, 1.165) is 17.1 Å². The van der Waals surface area contributed by atoms with Gasteiger partial charge in [-0.2, -0.15) is 0 Å². The van der Waals surface area contributed by atoms with Crippen molar-refractivity contribution in [2.45, 2.75) is 38.5 Å². The quantitative estimate of drug-likeness (QED) is 0.155. The summed E-state index contributed by atoms with van der Waals surface area (Å²) in [5.41, 5.74) is 22.7. The molecule has 9 aromatic carbocycles. The van der Waals surface area contributed by atoms with Crippen molar-refractivity contribution in [3.63, 3.8) is 0 Å². The molecule has 1 aromatic heterocycles. The maximum Gasteiger partial charge on any atom is 0.0541 e. The Morgan fingerprint density at radius 2 is 0.766 bits per heavy atom. The number of benzene rings is 9. The zero-order valence-corrected chi connectivity index (χ0v) is 36.7. The van der Waals surface area contributed by atoms with Crippen molar-refractivity contribution in [2.24, 2.45) is 0 Å². The molecule has 0 spiro atoms. The summed E-state index contributed by atoms with van der Waals surface area (Å²) in [5.74, 6) is 0. The number of allylic oxidation sites excluding steroid dienone is 2. The van der Waals surface area contributed by atoms with E-state index in [2.05, 4.69) is 256 Å². The number of aromatic nitrogens is 1. The van der Waals surface area contributed by atoms with Gasteiger partial charge in [0.2, 0.25) is 0 Å². The van der Waals surface area contributed by atoms with Gasteiger partial charge in [0.1, 0.15) is 0 Å². The van der Waals surface area contributed by atoms with Crippen LogP contribution in [0.1, 0.15) is 49.9 Å². The fraction of sp³-hybridized carbons (Fsp3) is 0.0968. The molecular formula is C62H48N2. The number of rotatable bonds is 7. The molecule has 0 unspecified atom stereocenters. The summed E-state index contributed by atoms with van der Waals surface area (Å²) < 4.78 is 2.37. The van der Waals surface area contributed by atoms with Gasteiger partial charge in [-0.3, -0.25) is 0 Å². The van der Waals surface area contributed by atoms with Crippen molar-refractivity contribution in [3.8, 4) is 39.1 Å². The average molecular weight is 821 g/mol. The first kappa shape index (κ1) is 38.0. The molecule has 12 rings (SSSR count). The van der Waals surface area contributed by atoms with E-state index in [0.29, 0.717) is 0 Å². The summed E-state index contributed by atoms with van der Waals surface area (Å²) in [6.07, 6.45) is 0. The molecule has 0 amide bonds. The molecule has 2 aliphatic rings. The highest BCUT2D eigenvalue weighted by Crippen LogP contribution is 2.62. The summed E-state index contributed by atoms with van der Waals surface area (Å²) >= 11 is 0. The summed E-state index contributed by atoms with van der Waals surface area (Å²) in [4.78, 5) is 2.37. The molecule has 2 nitrogen and oxygen atoms in total. The van der Waals surface area contributed by atoms with Crippen molar-refractivity contribution in [1.29, 1.82) is 0 Å². The van der Waals surface area contributed by atoms with Crippen molar-refractivity contribution in [2.75, 3.05) is 4.90 Å². The van der Waals surface area contributed by atoms with Crippen LogP contribution in [-0.4, -0.2) is 4.57 Å². The lowest BCUT2D eigenvalue weighted by Crippen LogP contribution is -2.19. The lowest BCUT2D eigenvalue weighted by Gasteiger charge is -2.28. The second kappa shape index (κ2) is 14.4. The van der Waals surface area contributed by atoms with Gasteiger partial charge in [-0.05, 0) is 140 Å². The molecule has 0 bridgehead atoms. The van der Waals surface area contributed by atoms with Gasteiger partial charge in [0.15, 0.2) is 0 Å². The smallest absolute Gasteiger partial charge is 0.0541 e. The van der Waals surface area contributed by atoms with Crippen LogP contribution in [0.5, 0.6) is 0 Å². The third kappa shape index (κ3) is 5.86. The third-order valence-corrected chi connectivity index (χ3v) is 14.2. The van der Waals surface area contributed by atoms with Crippen LogP contribution in [0.15, 0.2) is 218 Å².